The molecule has 3 rings (SSSR count). The van der Waals surface area contributed by atoms with Crippen LogP contribution in [-0.4, -0.2) is 35.1 Å². The van der Waals surface area contributed by atoms with Crippen LogP contribution in [0, 0.1) is 23.2 Å². The van der Waals surface area contributed by atoms with Gasteiger partial charge in [0.1, 0.15) is 0 Å². The summed E-state index contributed by atoms with van der Waals surface area (Å²) in [6.45, 7) is 14.4. The molecule has 2 N–H and O–H groups in total. The van der Waals surface area contributed by atoms with Gasteiger partial charge in [-0.15, -0.1) is 0 Å². The van der Waals surface area contributed by atoms with E-state index in [2.05, 4.69) is 46.4 Å². The maximum absolute atomic E-state index is 10.1. The molecule has 0 aromatic rings. The quantitative estimate of drug-likeness (QED) is 0.441. The first-order valence-corrected chi connectivity index (χ1v) is 12.8. The van der Waals surface area contributed by atoms with Gasteiger partial charge in [-0.25, -0.2) is 0 Å². The van der Waals surface area contributed by atoms with Crippen LogP contribution in [0.2, 0.25) is 0 Å². The molecule has 3 nitrogen and oxygen atoms in total. The van der Waals surface area contributed by atoms with Crippen LogP contribution < -0.4 is 0 Å². The summed E-state index contributed by atoms with van der Waals surface area (Å²) in [6.07, 6.45) is 14.7. The van der Waals surface area contributed by atoms with Crippen molar-refractivity contribution in [1.82, 2.24) is 0 Å². The second-order valence-corrected chi connectivity index (χ2v) is 11.1. The largest absolute Gasteiger partial charge is 0.393 e. The lowest BCUT2D eigenvalue weighted by molar-refractivity contribution is -0.0262. The zero-order valence-electron chi connectivity index (χ0n) is 20.4. The van der Waals surface area contributed by atoms with E-state index in [-0.39, 0.29) is 0 Å². The number of ether oxygens (including phenoxy) is 1. The Morgan fingerprint density at radius 3 is 2.68 bits per heavy atom. The van der Waals surface area contributed by atoms with Gasteiger partial charge in [-0.2, -0.15) is 0 Å². The third kappa shape index (κ3) is 5.92. The fraction of sp³-hybridized carbons (Fsp3) is 0.786. The highest BCUT2D eigenvalue weighted by atomic mass is 16.5. The van der Waals surface area contributed by atoms with Gasteiger partial charge in [0.2, 0.25) is 0 Å². The smallest absolute Gasteiger partial charge is 0.0811 e. The SMILES string of the molecule is C=C1C(=CC=C2CCC[C@]3(C)[C@@H]([C@@H](C)OCCCCC(C)C)CC[C@@H]23)C[C@@H](O)C[C@@H]1O. The number of unbranched alkanes of at least 4 members (excludes halogenated alkanes) is 1. The van der Waals surface area contributed by atoms with E-state index in [0.29, 0.717) is 36.2 Å². The van der Waals surface area contributed by atoms with Crippen LogP contribution in [0.25, 0.3) is 0 Å². The predicted octanol–water partition coefficient (Wildman–Crippen LogP) is 6.36. The van der Waals surface area contributed by atoms with Gasteiger partial charge in [-0.05, 0) is 86.2 Å². The van der Waals surface area contributed by atoms with E-state index in [9.17, 15) is 10.2 Å². The first-order valence-electron chi connectivity index (χ1n) is 12.8. The molecule has 0 bridgehead atoms. The minimum atomic E-state index is -0.612. The van der Waals surface area contributed by atoms with Gasteiger partial charge >= 0.3 is 0 Å². The Bertz CT molecular complexity index is 676. The summed E-state index contributed by atoms with van der Waals surface area (Å²) < 4.78 is 6.35. The van der Waals surface area contributed by atoms with Gasteiger partial charge in [0.05, 0.1) is 18.3 Å². The zero-order valence-corrected chi connectivity index (χ0v) is 20.4. The van der Waals surface area contributed by atoms with Crippen molar-refractivity contribution in [3.63, 3.8) is 0 Å². The number of hydrogen-bond acceptors (Lipinski definition) is 3. The maximum atomic E-state index is 10.1. The van der Waals surface area contributed by atoms with Crippen molar-refractivity contribution < 1.29 is 14.9 Å². The van der Waals surface area contributed by atoms with Gasteiger partial charge in [-0.1, -0.05) is 57.9 Å². The molecule has 0 spiro atoms. The van der Waals surface area contributed by atoms with Crippen molar-refractivity contribution in [2.75, 3.05) is 6.61 Å². The summed E-state index contributed by atoms with van der Waals surface area (Å²) >= 11 is 0. The molecule has 0 saturated heterocycles. The summed E-state index contributed by atoms with van der Waals surface area (Å²) in [5.74, 6) is 2.04. The normalized spacial score (nSPS) is 37.6. The van der Waals surface area contributed by atoms with E-state index >= 15 is 0 Å². The molecule has 3 aliphatic rings. The lowest BCUT2D eigenvalue weighted by Gasteiger charge is -2.44. The Balaban J connectivity index is 1.63. The minimum absolute atomic E-state index is 0.322. The van der Waals surface area contributed by atoms with Crippen LogP contribution in [0.15, 0.2) is 35.5 Å². The summed E-state index contributed by atoms with van der Waals surface area (Å²) in [7, 11) is 0. The molecule has 3 saturated carbocycles. The van der Waals surface area contributed by atoms with Gasteiger partial charge in [0, 0.05) is 13.0 Å². The van der Waals surface area contributed by atoms with Crippen LogP contribution in [0.1, 0.15) is 91.9 Å². The van der Waals surface area contributed by atoms with Crippen molar-refractivity contribution in [3.05, 3.63) is 35.5 Å². The number of allylic oxidation sites excluding steroid dienone is 3. The van der Waals surface area contributed by atoms with Crippen molar-refractivity contribution >= 4 is 0 Å². The Morgan fingerprint density at radius 1 is 1.16 bits per heavy atom. The molecule has 3 fully saturated rings. The standard InChI is InChI=1S/C28H46O3/c1-19(2)9-6-7-16-31-21(4)25-13-14-26-22(10-8-15-28(25,26)5)11-12-23-17-24(29)18-27(30)20(23)3/h11-12,19,21,24-27,29-30H,3,6-10,13-18H2,1-2,4-5H3/t21-,24-,25-,26+,27+,28-/m1/s1. The van der Waals surface area contributed by atoms with E-state index in [1.165, 1.54) is 51.4 Å². The van der Waals surface area contributed by atoms with E-state index < -0.39 is 12.2 Å². The summed E-state index contributed by atoms with van der Waals surface area (Å²) in [4.78, 5) is 0. The third-order valence-corrected chi connectivity index (χ3v) is 8.43. The maximum Gasteiger partial charge on any atom is 0.0811 e. The Labute approximate surface area is 190 Å². The molecular formula is C28H46O3. The third-order valence-electron chi connectivity index (χ3n) is 8.43. The van der Waals surface area contributed by atoms with Crippen molar-refractivity contribution in [3.8, 4) is 0 Å². The second kappa shape index (κ2) is 10.8. The van der Waals surface area contributed by atoms with Gasteiger partial charge < -0.3 is 14.9 Å². The van der Waals surface area contributed by atoms with E-state index in [0.717, 1.165) is 23.7 Å². The van der Waals surface area contributed by atoms with E-state index in [1.54, 1.807) is 5.57 Å². The molecule has 6 atom stereocenters. The van der Waals surface area contributed by atoms with Crippen molar-refractivity contribution in [2.45, 2.75) is 110 Å². The molecule has 31 heavy (non-hydrogen) atoms. The molecule has 0 aromatic carbocycles. The number of fused-ring (bicyclic) bond motifs is 1. The van der Waals surface area contributed by atoms with E-state index in [1.807, 2.05) is 0 Å². The highest BCUT2D eigenvalue weighted by Gasteiger charge is 2.51. The molecule has 0 radical (unpaired) electrons. The van der Waals surface area contributed by atoms with Crippen LogP contribution in [-0.2, 0) is 4.74 Å². The first kappa shape index (κ1) is 24.7. The van der Waals surface area contributed by atoms with Crippen LogP contribution >= 0.6 is 0 Å². The van der Waals surface area contributed by atoms with Gasteiger partial charge in [0.25, 0.3) is 0 Å². The van der Waals surface area contributed by atoms with Crippen LogP contribution in [0.3, 0.4) is 0 Å². The number of aliphatic hydroxyl groups is 2. The zero-order chi connectivity index (χ0) is 22.6. The van der Waals surface area contributed by atoms with E-state index in [4.69, 9.17) is 4.74 Å². The van der Waals surface area contributed by atoms with Gasteiger partial charge in [0.15, 0.2) is 0 Å². The summed E-state index contributed by atoms with van der Waals surface area (Å²) in [5.41, 5.74) is 3.67. The average Bonchev–Trinajstić information content (AvgIpc) is 3.06. The highest BCUT2D eigenvalue weighted by molar-refractivity contribution is 5.38. The Kier molecular flexibility index (Phi) is 8.63. The van der Waals surface area contributed by atoms with Gasteiger partial charge in [-0.3, -0.25) is 0 Å². The minimum Gasteiger partial charge on any atom is -0.393 e. The fourth-order valence-electron chi connectivity index (χ4n) is 6.56. The van der Waals surface area contributed by atoms with Crippen molar-refractivity contribution in [1.29, 1.82) is 0 Å². The molecule has 0 unspecified atom stereocenters. The first-order chi connectivity index (χ1) is 14.7. The number of hydrogen-bond donors (Lipinski definition) is 2. The molecule has 3 heteroatoms. The number of aliphatic hydroxyl groups excluding tert-OH is 2. The average molecular weight is 431 g/mol. The fourth-order valence-corrected chi connectivity index (χ4v) is 6.56. The van der Waals surface area contributed by atoms with Crippen molar-refractivity contribution in [2.24, 2.45) is 23.2 Å². The summed E-state index contributed by atoms with van der Waals surface area (Å²) in [5, 5.41) is 20.2. The molecule has 0 aromatic heterocycles. The monoisotopic (exact) mass is 430 g/mol. The predicted molar refractivity (Wildman–Crippen MR) is 129 cm³/mol. The Hall–Kier alpha value is -0.900. The lowest BCUT2D eigenvalue weighted by Crippen LogP contribution is -2.38. The highest BCUT2D eigenvalue weighted by Crippen LogP contribution is 2.58. The lowest BCUT2D eigenvalue weighted by atomic mass is 9.62. The molecule has 3 aliphatic carbocycles. The molecular weight excluding hydrogens is 384 g/mol. The molecule has 0 heterocycles. The summed E-state index contributed by atoms with van der Waals surface area (Å²) in [6, 6.07) is 0. The second-order valence-electron chi connectivity index (χ2n) is 11.1. The van der Waals surface area contributed by atoms with Crippen LogP contribution in [0.5, 0.6) is 0 Å². The molecule has 0 aliphatic heterocycles. The number of rotatable bonds is 8. The topological polar surface area (TPSA) is 49.7 Å². The molecule has 176 valence electrons. The Morgan fingerprint density at radius 2 is 1.94 bits per heavy atom. The molecule has 0 amide bonds. The van der Waals surface area contributed by atoms with Crippen LogP contribution in [0.4, 0.5) is 0 Å².